The molecular formula is C26H29NO4. The van der Waals surface area contributed by atoms with Crippen LogP contribution in [0.1, 0.15) is 47.3 Å². The van der Waals surface area contributed by atoms with Gasteiger partial charge in [0.1, 0.15) is 5.75 Å². The van der Waals surface area contributed by atoms with E-state index in [4.69, 9.17) is 4.74 Å². The number of hydrogen-bond donors (Lipinski definition) is 2. The number of carboxylic acids is 1. The van der Waals surface area contributed by atoms with Gasteiger partial charge in [0.05, 0.1) is 12.7 Å². The van der Waals surface area contributed by atoms with Crippen molar-refractivity contribution in [2.24, 2.45) is 5.92 Å². The van der Waals surface area contributed by atoms with Crippen LogP contribution in [0.2, 0.25) is 0 Å². The smallest absolute Gasteiger partial charge is 0.335 e. The van der Waals surface area contributed by atoms with Crippen molar-refractivity contribution in [3.8, 4) is 5.75 Å². The standard InChI is InChI=1S/C26H29NO4/c1-4-12-27-25(28)17(2)13-18-8-9-19-6-5-7-20(23(19)14-18)15-21-10-11-22(26(29)30)16-24(21)31-3/h5-11,14,16-17H,4,12-13,15H2,1-3H3,(H,27,28)(H,29,30). The van der Waals surface area contributed by atoms with Crippen LogP contribution in [0.15, 0.2) is 54.6 Å². The predicted molar refractivity (Wildman–Crippen MR) is 123 cm³/mol. The molecule has 3 rings (SSSR count). The molecule has 0 saturated heterocycles. The number of amides is 1. The average molecular weight is 420 g/mol. The van der Waals surface area contributed by atoms with Gasteiger partial charge in [0.25, 0.3) is 0 Å². The summed E-state index contributed by atoms with van der Waals surface area (Å²) >= 11 is 0. The Bertz CT molecular complexity index is 1090. The van der Waals surface area contributed by atoms with Crippen LogP contribution in [0.3, 0.4) is 0 Å². The van der Waals surface area contributed by atoms with E-state index in [-0.39, 0.29) is 17.4 Å². The molecule has 0 radical (unpaired) electrons. The number of methoxy groups -OCH3 is 1. The van der Waals surface area contributed by atoms with E-state index < -0.39 is 5.97 Å². The molecule has 5 nitrogen and oxygen atoms in total. The van der Waals surface area contributed by atoms with Crippen molar-refractivity contribution < 1.29 is 19.4 Å². The Hall–Kier alpha value is -3.34. The molecule has 0 aliphatic carbocycles. The van der Waals surface area contributed by atoms with Crippen molar-refractivity contribution in [2.75, 3.05) is 13.7 Å². The lowest BCUT2D eigenvalue weighted by Crippen LogP contribution is -2.30. The van der Waals surface area contributed by atoms with E-state index in [1.165, 1.54) is 0 Å². The Balaban J connectivity index is 1.89. The Kier molecular flexibility index (Phi) is 7.29. The third-order valence-corrected chi connectivity index (χ3v) is 5.49. The summed E-state index contributed by atoms with van der Waals surface area (Å²) in [7, 11) is 1.55. The molecule has 0 bridgehead atoms. The third kappa shape index (κ3) is 5.43. The van der Waals surface area contributed by atoms with E-state index in [0.29, 0.717) is 25.1 Å². The van der Waals surface area contributed by atoms with E-state index >= 15 is 0 Å². The third-order valence-electron chi connectivity index (χ3n) is 5.49. The minimum atomic E-state index is -0.975. The summed E-state index contributed by atoms with van der Waals surface area (Å²) in [6.45, 7) is 4.70. The van der Waals surface area contributed by atoms with Gasteiger partial charge < -0.3 is 15.2 Å². The van der Waals surface area contributed by atoms with Gasteiger partial charge in [0.15, 0.2) is 0 Å². The number of hydrogen-bond acceptors (Lipinski definition) is 3. The van der Waals surface area contributed by atoms with Crippen LogP contribution in [-0.4, -0.2) is 30.6 Å². The molecule has 0 aromatic heterocycles. The van der Waals surface area contributed by atoms with Crippen molar-refractivity contribution in [3.63, 3.8) is 0 Å². The molecule has 1 unspecified atom stereocenters. The van der Waals surface area contributed by atoms with Gasteiger partial charge in [-0.1, -0.05) is 56.3 Å². The molecule has 162 valence electrons. The van der Waals surface area contributed by atoms with Crippen LogP contribution in [0.25, 0.3) is 10.8 Å². The van der Waals surface area contributed by atoms with Crippen LogP contribution >= 0.6 is 0 Å². The van der Waals surface area contributed by atoms with Crippen LogP contribution < -0.4 is 10.1 Å². The highest BCUT2D eigenvalue weighted by Gasteiger charge is 2.15. The monoisotopic (exact) mass is 419 g/mol. The highest BCUT2D eigenvalue weighted by molar-refractivity contribution is 5.89. The van der Waals surface area contributed by atoms with Crippen molar-refractivity contribution >= 4 is 22.6 Å². The van der Waals surface area contributed by atoms with Gasteiger partial charge in [0, 0.05) is 18.9 Å². The highest BCUT2D eigenvalue weighted by Crippen LogP contribution is 2.28. The summed E-state index contributed by atoms with van der Waals surface area (Å²) in [6.07, 6.45) is 2.22. The molecule has 0 fully saturated rings. The molecule has 0 spiro atoms. The van der Waals surface area contributed by atoms with Crippen LogP contribution in [0.5, 0.6) is 5.75 Å². The van der Waals surface area contributed by atoms with Gasteiger partial charge in [-0.2, -0.15) is 0 Å². The molecule has 0 aliphatic heterocycles. The highest BCUT2D eigenvalue weighted by atomic mass is 16.5. The number of aromatic carboxylic acids is 1. The van der Waals surface area contributed by atoms with Crippen molar-refractivity contribution in [2.45, 2.75) is 33.1 Å². The summed E-state index contributed by atoms with van der Waals surface area (Å²) in [5.41, 5.74) is 3.38. The van der Waals surface area contributed by atoms with Crippen molar-refractivity contribution in [1.29, 1.82) is 0 Å². The summed E-state index contributed by atoms with van der Waals surface area (Å²) in [5, 5.41) is 14.5. The topological polar surface area (TPSA) is 75.6 Å². The number of carbonyl (C=O) groups is 2. The first-order valence-corrected chi connectivity index (χ1v) is 10.6. The van der Waals surface area contributed by atoms with Gasteiger partial charge in [0.2, 0.25) is 5.91 Å². The maximum atomic E-state index is 12.3. The molecule has 1 atom stereocenters. The zero-order valence-corrected chi connectivity index (χ0v) is 18.3. The molecule has 2 N–H and O–H groups in total. The summed E-state index contributed by atoms with van der Waals surface area (Å²) in [4.78, 5) is 23.5. The zero-order valence-electron chi connectivity index (χ0n) is 18.3. The molecule has 3 aromatic rings. The zero-order chi connectivity index (χ0) is 22.4. The second kappa shape index (κ2) is 10.1. The maximum Gasteiger partial charge on any atom is 0.335 e. The predicted octanol–water partition coefficient (Wildman–Crippen LogP) is 4.84. The molecule has 0 aliphatic rings. The fourth-order valence-corrected chi connectivity index (χ4v) is 3.76. The minimum Gasteiger partial charge on any atom is -0.496 e. The fourth-order valence-electron chi connectivity index (χ4n) is 3.76. The number of fused-ring (bicyclic) bond motifs is 1. The molecule has 0 heterocycles. The van der Waals surface area contributed by atoms with Crippen LogP contribution in [0, 0.1) is 5.92 Å². The van der Waals surface area contributed by atoms with Crippen molar-refractivity contribution in [3.05, 3.63) is 76.9 Å². The van der Waals surface area contributed by atoms with Crippen LogP contribution in [0.4, 0.5) is 0 Å². The van der Waals surface area contributed by atoms with Crippen molar-refractivity contribution in [1.82, 2.24) is 5.32 Å². The largest absolute Gasteiger partial charge is 0.496 e. The Morgan fingerprint density at radius 3 is 2.58 bits per heavy atom. The molecule has 1 amide bonds. The summed E-state index contributed by atoms with van der Waals surface area (Å²) in [5.74, 6) is -0.427. The number of ether oxygens (including phenoxy) is 1. The Morgan fingerprint density at radius 2 is 1.87 bits per heavy atom. The molecule has 0 saturated carbocycles. The van der Waals surface area contributed by atoms with Gasteiger partial charge in [-0.15, -0.1) is 0 Å². The SMILES string of the molecule is CCCNC(=O)C(C)Cc1ccc2cccc(Cc3ccc(C(=O)O)cc3OC)c2c1. The molecule has 3 aromatic carbocycles. The Morgan fingerprint density at radius 1 is 1.06 bits per heavy atom. The average Bonchev–Trinajstić information content (AvgIpc) is 2.77. The lowest BCUT2D eigenvalue weighted by Gasteiger charge is -2.14. The van der Waals surface area contributed by atoms with Gasteiger partial charge in [-0.25, -0.2) is 4.79 Å². The fraction of sp³-hybridized carbons (Fsp3) is 0.308. The van der Waals surface area contributed by atoms with E-state index in [0.717, 1.165) is 33.9 Å². The lowest BCUT2D eigenvalue weighted by atomic mass is 9.93. The Labute approximate surface area is 183 Å². The molecule has 5 heteroatoms. The molecule has 31 heavy (non-hydrogen) atoms. The van der Waals surface area contributed by atoms with E-state index in [1.807, 2.05) is 26.0 Å². The van der Waals surface area contributed by atoms with E-state index in [9.17, 15) is 14.7 Å². The number of benzene rings is 3. The lowest BCUT2D eigenvalue weighted by molar-refractivity contribution is -0.124. The van der Waals surface area contributed by atoms with E-state index in [1.54, 1.807) is 19.2 Å². The second-order valence-electron chi connectivity index (χ2n) is 7.88. The summed E-state index contributed by atoms with van der Waals surface area (Å²) < 4.78 is 5.45. The van der Waals surface area contributed by atoms with Gasteiger partial charge >= 0.3 is 5.97 Å². The number of nitrogens with one attached hydrogen (secondary N) is 1. The first-order valence-electron chi connectivity index (χ1n) is 10.6. The van der Waals surface area contributed by atoms with Gasteiger partial charge in [-0.05, 0) is 52.4 Å². The van der Waals surface area contributed by atoms with E-state index in [2.05, 4.69) is 35.6 Å². The van der Waals surface area contributed by atoms with Gasteiger partial charge in [-0.3, -0.25) is 4.79 Å². The number of rotatable bonds is 9. The summed E-state index contributed by atoms with van der Waals surface area (Å²) in [6, 6.07) is 17.5. The minimum absolute atomic E-state index is 0.0819. The normalized spacial score (nSPS) is 11.8. The second-order valence-corrected chi connectivity index (χ2v) is 7.88. The first-order chi connectivity index (χ1) is 14.9. The first kappa shape index (κ1) is 22.3. The molecular weight excluding hydrogens is 390 g/mol. The maximum absolute atomic E-state index is 12.3. The number of carboxylic acid groups (broad SMARTS) is 1. The van der Waals surface area contributed by atoms with Crippen LogP contribution in [-0.2, 0) is 17.6 Å². The number of carbonyl (C=O) groups excluding carboxylic acids is 1. The quantitative estimate of drug-likeness (QED) is 0.520.